The van der Waals surface area contributed by atoms with Gasteiger partial charge in [0, 0.05) is 17.7 Å². The minimum Gasteiger partial charge on any atom is -0.460 e. The fraction of sp³-hybridized carbons (Fsp3) is 0.429. The van der Waals surface area contributed by atoms with Crippen LogP contribution in [-0.2, 0) is 0 Å². The summed E-state index contributed by atoms with van der Waals surface area (Å²) in [6.07, 6.45) is 1.97. The molecule has 3 rings (SSSR count). The molecule has 4 nitrogen and oxygen atoms in total. The summed E-state index contributed by atoms with van der Waals surface area (Å²) >= 11 is 0. The normalized spacial score (nSPS) is 22.8. The monoisotopic (exact) mass is 243 g/mol. The maximum absolute atomic E-state index is 5.82. The lowest BCUT2D eigenvalue weighted by Crippen LogP contribution is -2.35. The van der Waals surface area contributed by atoms with E-state index in [9.17, 15) is 0 Å². The predicted octanol–water partition coefficient (Wildman–Crippen LogP) is 2.56. The van der Waals surface area contributed by atoms with Crippen molar-refractivity contribution < 1.29 is 4.42 Å². The Bertz CT molecular complexity index is 570. The van der Waals surface area contributed by atoms with Gasteiger partial charge in [0.15, 0.2) is 5.76 Å². The van der Waals surface area contributed by atoms with Gasteiger partial charge < -0.3 is 10.2 Å². The topological polar surface area (TPSA) is 64.9 Å². The Kier molecular flexibility index (Phi) is 2.67. The molecule has 0 bridgehead atoms. The van der Waals surface area contributed by atoms with E-state index >= 15 is 0 Å². The molecule has 2 heterocycles. The fourth-order valence-electron chi connectivity index (χ4n) is 2.35. The van der Waals surface area contributed by atoms with Gasteiger partial charge in [-0.15, -0.1) is 0 Å². The molecule has 1 fully saturated rings. The van der Waals surface area contributed by atoms with Crippen LogP contribution in [0, 0.1) is 13.8 Å². The molecule has 0 saturated heterocycles. The molecule has 0 spiro atoms. The van der Waals surface area contributed by atoms with Crippen molar-refractivity contribution in [3.63, 3.8) is 0 Å². The first-order valence-electron chi connectivity index (χ1n) is 6.30. The average Bonchev–Trinajstić information content (AvgIpc) is 2.71. The summed E-state index contributed by atoms with van der Waals surface area (Å²) in [6.45, 7) is 3.92. The Morgan fingerprint density at radius 2 is 2.00 bits per heavy atom. The van der Waals surface area contributed by atoms with Gasteiger partial charge in [-0.05, 0) is 44.9 Å². The Hall–Kier alpha value is -1.68. The van der Waals surface area contributed by atoms with E-state index in [1.54, 1.807) is 0 Å². The summed E-state index contributed by atoms with van der Waals surface area (Å²) in [5.74, 6) is 3.02. The lowest BCUT2D eigenvalue weighted by molar-refractivity contribution is 0.338. The highest BCUT2D eigenvalue weighted by Crippen LogP contribution is 2.34. The molecule has 18 heavy (non-hydrogen) atoms. The zero-order valence-corrected chi connectivity index (χ0v) is 10.7. The Morgan fingerprint density at radius 3 is 2.61 bits per heavy atom. The molecule has 1 aliphatic rings. The number of nitrogens with zero attached hydrogens (tertiary/aromatic N) is 2. The van der Waals surface area contributed by atoms with Crippen LogP contribution in [0.3, 0.4) is 0 Å². The minimum absolute atomic E-state index is 0.313. The summed E-state index contributed by atoms with van der Waals surface area (Å²) in [5, 5.41) is 0. The zero-order chi connectivity index (χ0) is 12.7. The van der Waals surface area contributed by atoms with E-state index in [2.05, 4.69) is 9.97 Å². The van der Waals surface area contributed by atoms with Crippen LogP contribution >= 0.6 is 0 Å². The van der Waals surface area contributed by atoms with Gasteiger partial charge in [-0.25, -0.2) is 9.97 Å². The molecule has 94 valence electrons. The van der Waals surface area contributed by atoms with Crippen LogP contribution in [-0.4, -0.2) is 16.0 Å². The Morgan fingerprint density at radius 1 is 1.22 bits per heavy atom. The molecule has 2 aromatic heterocycles. The van der Waals surface area contributed by atoms with Crippen LogP contribution < -0.4 is 5.73 Å². The summed E-state index contributed by atoms with van der Waals surface area (Å²) in [5.41, 5.74) is 7.67. The van der Waals surface area contributed by atoms with Crippen molar-refractivity contribution in [2.75, 3.05) is 0 Å². The SMILES string of the molecule is Cc1cc(-c2ccc(C)o2)nc(C2CC(N)C2)n1. The third-order valence-electron chi connectivity index (χ3n) is 3.40. The van der Waals surface area contributed by atoms with E-state index in [1.807, 2.05) is 32.0 Å². The Balaban J connectivity index is 1.95. The molecule has 4 heteroatoms. The van der Waals surface area contributed by atoms with E-state index in [-0.39, 0.29) is 0 Å². The second-order valence-corrected chi connectivity index (χ2v) is 5.09. The molecule has 2 aromatic rings. The van der Waals surface area contributed by atoms with Crippen molar-refractivity contribution in [1.29, 1.82) is 0 Å². The third kappa shape index (κ3) is 2.04. The number of hydrogen-bond donors (Lipinski definition) is 1. The molecular formula is C14H17N3O. The largest absolute Gasteiger partial charge is 0.460 e. The van der Waals surface area contributed by atoms with Crippen molar-refractivity contribution in [3.8, 4) is 11.5 Å². The number of nitrogens with two attached hydrogens (primary N) is 1. The number of aromatic nitrogens is 2. The van der Waals surface area contributed by atoms with Gasteiger partial charge in [0.2, 0.25) is 0 Å². The standard InChI is InChI=1S/C14H17N3O/c1-8-5-12(13-4-3-9(2)18-13)17-14(16-8)10-6-11(15)7-10/h3-5,10-11H,6-7,15H2,1-2H3. The second kappa shape index (κ2) is 4.21. The molecular weight excluding hydrogens is 226 g/mol. The van der Waals surface area contributed by atoms with Crippen LogP contribution in [0.2, 0.25) is 0 Å². The highest BCUT2D eigenvalue weighted by molar-refractivity contribution is 5.52. The molecule has 0 aromatic carbocycles. The summed E-state index contributed by atoms with van der Waals surface area (Å²) in [4.78, 5) is 9.13. The van der Waals surface area contributed by atoms with E-state index < -0.39 is 0 Å². The summed E-state index contributed by atoms with van der Waals surface area (Å²) in [6, 6.07) is 6.17. The molecule has 1 saturated carbocycles. The van der Waals surface area contributed by atoms with Crippen molar-refractivity contribution in [1.82, 2.24) is 9.97 Å². The first-order valence-corrected chi connectivity index (χ1v) is 6.30. The van der Waals surface area contributed by atoms with Crippen molar-refractivity contribution in [3.05, 3.63) is 35.5 Å². The first-order chi connectivity index (χ1) is 8.61. The number of furan rings is 1. The highest BCUT2D eigenvalue weighted by atomic mass is 16.3. The molecule has 0 amide bonds. The number of rotatable bonds is 2. The third-order valence-corrected chi connectivity index (χ3v) is 3.40. The molecule has 0 atom stereocenters. The quantitative estimate of drug-likeness (QED) is 0.880. The van der Waals surface area contributed by atoms with Gasteiger partial charge in [-0.3, -0.25) is 0 Å². The van der Waals surface area contributed by atoms with E-state index in [0.29, 0.717) is 12.0 Å². The van der Waals surface area contributed by atoms with Gasteiger partial charge in [0.25, 0.3) is 0 Å². The van der Waals surface area contributed by atoms with Gasteiger partial charge >= 0.3 is 0 Å². The van der Waals surface area contributed by atoms with Crippen LogP contribution in [0.15, 0.2) is 22.6 Å². The van der Waals surface area contributed by atoms with Crippen molar-refractivity contribution in [2.45, 2.75) is 38.6 Å². The fourth-order valence-corrected chi connectivity index (χ4v) is 2.35. The van der Waals surface area contributed by atoms with Gasteiger partial charge in [-0.2, -0.15) is 0 Å². The average molecular weight is 243 g/mol. The van der Waals surface area contributed by atoms with Crippen LogP contribution in [0.1, 0.15) is 36.0 Å². The van der Waals surface area contributed by atoms with Gasteiger partial charge in [0.1, 0.15) is 17.3 Å². The molecule has 2 N–H and O–H groups in total. The van der Waals surface area contributed by atoms with E-state index in [4.69, 9.17) is 10.2 Å². The van der Waals surface area contributed by atoms with Crippen LogP contribution in [0.5, 0.6) is 0 Å². The molecule has 0 unspecified atom stereocenters. The van der Waals surface area contributed by atoms with Crippen molar-refractivity contribution in [2.24, 2.45) is 5.73 Å². The van der Waals surface area contributed by atoms with Gasteiger partial charge in [0.05, 0.1) is 0 Å². The molecule has 0 radical (unpaired) electrons. The summed E-state index contributed by atoms with van der Waals surface area (Å²) in [7, 11) is 0. The Labute approximate surface area is 106 Å². The smallest absolute Gasteiger partial charge is 0.152 e. The lowest BCUT2D eigenvalue weighted by Gasteiger charge is -2.31. The first kappa shape index (κ1) is 11.4. The van der Waals surface area contributed by atoms with Crippen molar-refractivity contribution >= 4 is 0 Å². The minimum atomic E-state index is 0.313. The van der Waals surface area contributed by atoms with Crippen LogP contribution in [0.4, 0.5) is 0 Å². The number of hydrogen-bond acceptors (Lipinski definition) is 4. The lowest BCUT2D eigenvalue weighted by atomic mass is 9.80. The zero-order valence-electron chi connectivity index (χ0n) is 10.7. The highest BCUT2D eigenvalue weighted by Gasteiger charge is 2.30. The maximum Gasteiger partial charge on any atom is 0.152 e. The van der Waals surface area contributed by atoms with E-state index in [0.717, 1.165) is 41.6 Å². The summed E-state index contributed by atoms with van der Waals surface area (Å²) < 4.78 is 5.62. The maximum atomic E-state index is 5.82. The van der Waals surface area contributed by atoms with Gasteiger partial charge in [-0.1, -0.05) is 0 Å². The van der Waals surface area contributed by atoms with Crippen LogP contribution in [0.25, 0.3) is 11.5 Å². The molecule has 1 aliphatic carbocycles. The number of aryl methyl sites for hydroxylation is 2. The second-order valence-electron chi connectivity index (χ2n) is 5.09. The molecule has 0 aliphatic heterocycles. The van der Waals surface area contributed by atoms with E-state index in [1.165, 1.54) is 0 Å². The predicted molar refractivity (Wildman–Crippen MR) is 69.2 cm³/mol.